The molecule has 108 valence electrons. The Morgan fingerprint density at radius 3 is 2.90 bits per heavy atom. The Labute approximate surface area is 132 Å². The molecule has 0 saturated carbocycles. The number of anilines is 1. The van der Waals surface area contributed by atoms with Crippen LogP contribution in [0.5, 0.6) is 0 Å². The van der Waals surface area contributed by atoms with E-state index in [9.17, 15) is 4.79 Å². The van der Waals surface area contributed by atoms with Gasteiger partial charge < -0.3 is 10.4 Å². The van der Waals surface area contributed by atoms with Crippen molar-refractivity contribution in [3.05, 3.63) is 64.2 Å². The number of aromatic carboxylic acids is 1. The summed E-state index contributed by atoms with van der Waals surface area (Å²) in [6, 6.07) is 13.6. The van der Waals surface area contributed by atoms with Gasteiger partial charge in [0.1, 0.15) is 0 Å². The minimum atomic E-state index is -1.01. The number of fused-ring (bicyclic) bond motifs is 1. The van der Waals surface area contributed by atoms with Crippen molar-refractivity contribution in [1.29, 1.82) is 0 Å². The third kappa shape index (κ3) is 3.01. The second-order valence-corrected chi connectivity index (χ2v) is 6.35. The van der Waals surface area contributed by atoms with Crippen LogP contribution in [0.15, 0.2) is 42.5 Å². The summed E-state index contributed by atoms with van der Waals surface area (Å²) in [5.41, 5.74) is 3.51. The number of hydrogen-bond donors (Lipinski definition) is 2. The van der Waals surface area contributed by atoms with E-state index in [0.717, 1.165) is 17.2 Å². The molecular weight excluding hydrogens is 306 g/mol. The molecule has 3 nitrogen and oxygen atoms in total. The maximum atomic E-state index is 11.1. The van der Waals surface area contributed by atoms with Gasteiger partial charge in [0, 0.05) is 17.2 Å². The molecule has 2 N–H and O–H groups in total. The molecule has 0 spiro atoms. The fraction of sp³-hybridized carbons (Fsp3) is 0.188. The SMILES string of the molecule is O=C(O)c1cc(NC2CSCc3ccccc32)ccc1Cl. The lowest BCUT2D eigenvalue weighted by atomic mass is 10.0. The van der Waals surface area contributed by atoms with E-state index < -0.39 is 5.97 Å². The van der Waals surface area contributed by atoms with Crippen LogP contribution in [-0.4, -0.2) is 16.8 Å². The maximum absolute atomic E-state index is 11.1. The van der Waals surface area contributed by atoms with Crippen molar-refractivity contribution in [2.45, 2.75) is 11.8 Å². The van der Waals surface area contributed by atoms with Gasteiger partial charge in [-0.25, -0.2) is 4.79 Å². The van der Waals surface area contributed by atoms with Crippen molar-refractivity contribution in [2.75, 3.05) is 11.1 Å². The lowest BCUT2D eigenvalue weighted by Gasteiger charge is -2.27. The Bertz CT molecular complexity index is 690. The van der Waals surface area contributed by atoms with Crippen LogP contribution in [0.2, 0.25) is 5.02 Å². The number of rotatable bonds is 3. The summed E-state index contributed by atoms with van der Waals surface area (Å²) in [6.07, 6.45) is 0. The highest BCUT2D eigenvalue weighted by Gasteiger charge is 2.20. The molecule has 1 aliphatic rings. The molecule has 2 aromatic carbocycles. The molecule has 2 aromatic rings. The highest BCUT2D eigenvalue weighted by atomic mass is 35.5. The van der Waals surface area contributed by atoms with Gasteiger partial charge in [0.05, 0.1) is 16.6 Å². The van der Waals surface area contributed by atoms with E-state index in [1.807, 2.05) is 30.0 Å². The summed E-state index contributed by atoms with van der Waals surface area (Å²) >= 11 is 7.78. The van der Waals surface area contributed by atoms with Crippen LogP contribution in [0.4, 0.5) is 5.69 Å². The Hall–Kier alpha value is -1.65. The van der Waals surface area contributed by atoms with Crippen molar-refractivity contribution < 1.29 is 9.90 Å². The van der Waals surface area contributed by atoms with Gasteiger partial charge in [-0.2, -0.15) is 11.8 Å². The standard InChI is InChI=1S/C16H14ClNO2S/c17-14-6-5-11(7-13(14)16(19)20)18-15-9-21-8-10-3-1-2-4-12(10)15/h1-7,15,18H,8-9H2,(H,19,20). The summed E-state index contributed by atoms with van der Waals surface area (Å²) < 4.78 is 0. The van der Waals surface area contributed by atoms with Crippen molar-refractivity contribution in [3.63, 3.8) is 0 Å². The molecule has 0 radical (unpaired) electrons. The minimum Gasteiger partial charge on any atom is -0.478 e. The predicted molar refractivity (Wildman–Crippen MR) is 87.4 cm³/mol. The largest absolute Gasteiger partial charge is 0.478 e. The summed E-state index contributed by atoms with van der Waals surface area (Å²) in [4.78, 5) is 11.1. The van der Waals surface area contributed by atoms with E-state index in [1.165, 1.54) is 11.1 Å². The van der Waals surface area contributed by atoms with Gasteiger partial charge in [-0.15, -0.1) is 0 Å². The van der Waals surface area contributed by atoms with E-state index >= 15 is 0 Å². The monoisotopic (exact) mass is 319 g/mol. The molecule has 0 amide bonds. The van der Waals surface area contributed by atoms with Crippen molar-refractivity contribution in [1.82, 2.24) is 0 Å². The first-order chi connectivity index (χ1) is 10.1. The first-order valence-electron chi connectivity index (χ1n) is 6.60. The number of nitrogens with one attached hydrogen (secondary N) is 1. The van der Waals surface area contributed by atoms with Crippen molar-refractivity contribution in [2.24, 2.45) is 0 Å². The topological polar surface area (TPSA) is 49.3 Å². The number of carboxylic acids is 1. The lowest BCUT2D eigenvalue weighted by molar-refractivity contribution is 0.0697. The number of hydrogen-bond acceptors (Lipinski definition) is 3. The van der Waals surface area contributed by atoms with E-state index in [4.69, 9.17) is 16.7 Å². The van der Waals surface area contributed by atoms with Gasteiger partial charge in [-0.05, 0) is 29.3 Å². The number of benzene rings is 2. The minimum absolute atomic E-state index is 0.124. The molecular formula is C16H14ClNO2S. The van der Waals surface area contributed by atoms with Gasteiger partial charge in [-0.1, -0.05) is 35.9 Å². The second-order valence-electron chi connectivity index (χ2n) is 4.91. The van der Waals surface area contributed by atoms with Gasteiger partial charge in [0.15, 0.2) is 0 Å². The Kier molecular flexibility index (Phi) is 4.08. The summed E-state index contributed by atoms with van der Waals surface area (Å²) in [7, 11) is 0. The fourth-order valence-electron chi connectivity index (χ4n) is 2.48. The molecule has 0 aliphatic carbocycles. The molecule has 0 saturated heterocycles. The number of carbonyl (C=O) groups is 1. The fourth-order valence-corrected chi connectivity index (χ4v) is 3.78. The predicted octanol–water partition coefficient (Wildman–Crippen LogP) is 4.44. The average molecular weight is 320 g/mol. The van der Waals surface area contributed by atoms with Crippen LogP contribution in [0.3, 0.4) is 0 Å². The first-order valence-corrected chi connectivity index (χ1v) is 8.13. The van der Waals surface area contributed by atoms with Crippen LogP contribution in [-0.2, 0) is 5.75 Å². The van der Waals surface area contributed by atoms with Crippen LogP contribution in [0, 0.1) is 0 Å². The van der Waals surface area contributed by atoms with Crippen LogP contribution < -0.4 is 5.32 Å². The smallest absolute Gasteiger partial charge is 0.337 e. The zero-order chi connectivity index (χ0) is 14.8. The molecule has 0 bridgehead atoms. The Morgan fingerprint density at radius 2 is 2.10 bits per heavy atom. The normalized spacial score (nSPS) is 17.1. The van der Waals surface area contributed by atoms with Crippen molar-refractivity contribution >= 4 is 35.0 Å². The maximum Gasteiger partial charge on any atom is 0.337 e. The molecule has 1 aliphatic heterocycles. The zero-order valence-corrected chi connectivity index (χ0v) is 12.7. The van der Waals surface area contributed by atoms with Gasteiger partial charge in [0.25, 0.3) is 0 Å². The molecule has 0 aromatic heterocycles. The second kappa shape index (κ2) is 6.00. The van der Waals surface area contributed by atoms with Crippen LogP contribution >= 0.6 is 23.4 Å². The molecule has 1 heterocycles. The molecule has 21 heavy (non-hydrogen) atoms. The number of halogens is 1. The summed E-state index contributed by atoms with van der Waals surface area (Å²) in [6.45, 7) is 0. The van der Waals surface area contributed by atoms with Gasteiger partial charge in [-0.3, -0.25) is 0 Å². The molecule has 5 heteroatoms. The Balaban J connectivity index is 1.88. The summed E-state index contributed by atoms with van der Waals surface area (Å²) in [5.74, 6) is 0.972. The molecule has 3 rings (SSSR count). The third-order valence-electron chi connectivity index (χ3n) is 3.51. The number of thioether (sulfide) groups is 1. The highest BCUT2D eigenvalue weighted by molar-refractivity contribution is 7.98. The van der Waals surface area contributed by atoms with Crippen LogP contribution in [0.1, 0.15) is 27.5 Å². The van der Waals surface area contributed by atoms with Crippen LogP contribution in [0.25, 0.3) is 0 Å². The van der Waals surface area contributed by atoms with E-state index in [1.54, 1.807) is 12.1 Å². The zero-order valence-electron chi connectivity index (χ0n) is 11.2. The molecule has 1 atom stereocenters. The highest BCUT2D eigenvalue weighted by Crippen LogP contribution is 2.34. The van der Waals surface area contributed by atoms with E-state index in [-0.39, 0.29) is 16.6 Å². The molecule has 0 fully saturated rings. The quantitative estimate of drug-likeness (QED) is 0.878. The lowest BCUT2D eigenvalue weighted by Crippen LogP contribution is -2.18. The van der Waals surface area contributed by atoms with Crippen molar-refractivity contribution in [3.8, 4) is 0 Å². The van der Waals surface area contributed by atoms with E-state index in [0.29, 0.717) is 0 Å². The molecule has 1 unspecified atom stereocenters. The Morgan fingerprint density at radius 1 is 1.29 bits per heavy atom. The van der Waals surface area contributed by atoms with E-state index in [2.05, 4.69) is 17.4 Å². The first kappa shape index (κ1) is 14.3. The number of carboxylic acid groups (broad SMARTS) is 1. The van der Waals surface area contributed by atoms with Gasteiger partial charge in [0.2, 0.25) is 0 Å². The average Bonchev–Trinajstić information content (AvgIpc) is 2.49. The summed E-state index contributed by atoms with van der Waals surface area (Å²) in [5, 5.41) is 12.8. The third-order valence-corrected chi connectivity index (χ3v) is 4.92. The van der Waals surface area contributed by atoms with Gasteiger partial charge >= 0.3 is 5.97 Å².